The molecule has 0 N–H and O–H groups in total. The summed E-state index contributed by atoms with van der Waals surface area (Å²) < 4.78 is 2.11. The van der Waals surface area contributed by atoms with Gasteiger partial charge in [-0.3, -0.25) is 19.1 Å². The Labute approximate surface area is 180 Å². The van der Waals surface area contributed by atoms with E-state index in [1.807, 2.05) is 28.7 Å². The van der Waals surface area contributed by atoms with E-state index in [2.05, 4.69) is 38.4 Å². The molecular formula is C22H28N6OS. The van der Waals surface area contributed by atoms with Crippen LogP contribution in [0.1, 0.15) is 47.2 Å². The molecule has 3 aromatic rings. The summed E-state index contributed by atoms with van der Waals surface area (Å²) in [7, 11) is 2.12. The minimum atomic E-state index is 0.0739. The summed E-state index contributed by atoms with van der Waals surface area (Å²) in [6.45, 7) is 5.24. The molecule has 1 amide bonds. The number of carbonyl (C=O) groups is 1. The number of hydrogen-bond donors (Lipinski definition) is 0. The highest BCUT2D eigenvalue weighted by atomic mass is 32.1. The molecule has 3 aromatic heterocycles. The van der Waals surface area contributed by atoms with E-state index >= 15 is 0 Å². The maximum atomic E-state index is 13.5. The summed E-state index contributed by atoms with van der Waals surface area (Å²) in [6, 6.07) is 6.42. The Bertz CT molecular complexity index is 1020. The number of hydrogen-bond acceptors (Lipinski definition) is 6. The molecule has 0 radical (unpaired) electrons. The van der Waals surface area contributed by atoms with Gasteiger partial charge in [-0.15, -0.1) is 11.3 Å². The number of pyridine rings is 1. The van der Waals surface area contributed by atoms with Crippen molar-refractivity contribution in [2.45, 2.75) is 31.8 Å². The van der Waals surface area contributed by atoms with E-state index < -0.39 is 0 Å². The molecule has 0 aliphatic carbocycles. The lowest BCUT2D eigenvalue weighted by Crippen LogP contribution is -2.35. The summed E-state index contributed by atoms with van der Waals surface area (Å²) in [6.07, 6.45) is 7.17. The van der Waals surface area contributed by atoms with Crippen LogP contribution < -0.4 is 0 Å². The maximum Gasteiger partial charge on any atom is 0.274 e. The Hall–Kier alpha value is -2.29. The average molecular weight is 425 g/mol. The van der Waals surface area contributed by atoms with Gasteiger partial charge in [-0.2, -0.15) is 0 Å². The number of amides is 1. The van der Waals surface area contributed by atoms with Gasteiger partial charge in [0.15, 0.2) is 10.7 Å². The van der Waals surface area contributed by atoms with Gasteiger partial charge < -0.3 is 9.80 Å². The first-order valence-electron chi connectivity index (χ1n) is 10.8. The van der Waals surface area contributed by atoms with Crippen LogP contribution in [-0.4, -0.2) is 74.7 Å². The van der Waals surface area contributed by atoms with Crippen LogP contribution in [0.15, 0.2) is 36.0 Å². The molecule has 5 heterocycles. The standard InChI is InChI=1S/C22H28N6OS/c1-25-9-5-11-26(13-12-25)21(29)20-19(28-14-15-30-22(28)24-20)16-27-10-4-7-18(27)17-6-2-3-8-23-17/h2-3,6,8,14-15,18H,4-5,7,9-13,16H2,1H3/t18-/m0/s1. The summed E-state index contributed by atoms with van der Waals surface area (Å²) in [5, 5.41) is 2.04. The molecule has 158 valence electrons. The number of nitrogens with zero attached hydrogens (tertiary/aromatic N) is 6. The minimum Gasteiger partial charge on any atom is -0.336 e. The number of imidazole rings is 1. The first-order chi connectivity index (χ1) is 14.7. The van der Waals surface area contributed by atoms with E-state index in [4.69, 9.17) is 4.98 Å². The van der Waals surface area contributed by atoms with Crippen LogP contribution in [-0.2, 0) is 6.54 Å². The fraction of sp³-hybridized carbons (Fsp3) is 0.500. The molecule has 0 aromatic carbocycles. The largest absolute Gasteiger partial charge is 0.336 e. The first kappa shape index (κ1) is 19.7. The van der Waals surface area contributed by atoms with Gasteiger partial charge >= 0.3 is 0 Å². The number of rotatable bonds is 4. The molecule has 0 saturated carbocycles. The van der Waals surface area contributed by atoms with Gasteiger partial charge in [-0.1, -0.05) is 6.07 Å². The third-order valence-electron chi connectivity index (χ3n) is 6.32. The second kappa shape index (κ2) is 8.45. The molecule has 2 aliphatic rings. The van der Waals surface area contributed by atoms with Crippen molar-refractivity contribution in [2.24, 2.45) is 0 Å². The van der Waals surface area contributed by atoms with Crippen molar-refractivity contribution in [3.05, 3.63) is 53.1 Å². The highest BCUT2D eigenvalue weighted by molar-refractivity contribution is 7.15. The fourth-order valence-corrected chi connectivity index (χ4v) is 5.40. The number of carbonyl (C=O) groups excluding carboxylic acids is 1. The maximum absolute atomic E-state index is 13.5. The summed E-state index contributed by atoms with van der Waals surface area (Å²) >= 11 is 1.59. The van der Waals surface area contributed by atoms with Gasteiger partial charge in [0.25, 0.3) is 5.91 Å². The monoisotopic (exact) mass is 424 g/mol. The van der Waals surface area contributed by atoms with Crippen LogP contribution in [0.4, 0.5) is 0 Å². The Morgan fingerprint density at radius 3 is 2.97 bits per heavy atom. The molecule has 2 fully saturated rings. The summed E-state index contributed by atoms with van der Waals surface area (Å²) in [5.41, 5.74) is 2.75. The number of aromatic nitrogens is 3. The Balaban J connectivity index is 1.44. The highest BCUT2D eigenvalue weighted by Crippen LogP contribution is 2.33. The Morgan fingerprint density at radius 2 is 2.10 bits per heavy atom. The number of fused-ring (bicyclic) bond motifs is 1. The smallest absolute Gasteiger partial charge is 0.274 e. The number of likely N-dealkylation sites (tertiary alicyclic amines) is 1. The highest BCUT2D eigenvalue weighted by Gasteiger charge is 2.31. The zero-order valence-corrected chi connectivity index (χ0v) is 18.2. The second-order valence-corrected chi connectivity index (χ2v) is 9.17. The van der Waals surface area contributed by atoms with Gasteiger partial charge in [0.2, 0.25) is 0 Å². The fourth-order valence-electron chi connectivity index (χ4n) is 4.67. The van der Waals surface area contributed by atoms with Crippen molar-refractivity contribution < 1.29 is 4.79 Å². The predicted octanol–water partition coefficient (Wildman–Crippen LogP) is 2.91. The van der Waals surface area contributed by atoms with Crippen molar-refractivity contribution >= 4 is 22.2 Å². The molecule has 2 saturated heterocycles. The Morgan fingerprint density at radius 1 is 1.17 bits per heavy atom. The van der Waals surface area contributed by atoms with Crippen LogP contribution in [0.5, 0.6) is 0 Å². The third-order valence-corrected chi connectivity index (χ3v) is 7.07. The van der Waals surface area contributed by atoms with Gasteiger partial charge in [0.05, 0.1) is 17.4 Å². The van der Waals surface area contributed by atoms with Crippen LogP contribution in [0, 0.1) is 0 Å². The van der Waals surface area contributed by atoms with Crippen molar-refractivity contribution in [1.29, 1.82) is 0 Å². The number of thiazole rings is 1. The van der Waals surface area contributed by atoms with E-state index in [0.717, 1.165) is 68.3 Å². The van der Waals surface area contributed by atoms with Crippen LogP contribution in [0.3, 0.4) is 0 Å². The van der Waals surface area contributed by atoms with E-state index in [0.29, 0.717) is 18.3 Å². The molecule has 0 spiro atoms. The molecule has 1 atom stereocenters. The van der Waals surface area contributed by atoms with E-state index in [9.17, 15) is 4.79 Å². The first-order valence-corrected chi connectivity index (χ1v) is 11.7. The summed E-state index contributed by atoms with van der Waals surface area (Å²) in [5.74, 6) is 0.0739. The zero-order chi connectivity index (χ0) is 20.5. The van der Waals surface area contributed by atoms with Gasteiger partial charge in [-0.05, 0) is 51.5 Å². The lowest BCUT2D eigenvalue weighted by Gasteiger charge is -2.25. The van der Waals surface area contributed by atoms with Gasteiger partial charge in [0.1, 0.15) is 0 Å². The molecule has 2 aliphatic heterocycles. The summed E-state index contributed by atoms with van der Waals surface area (Å²) in [4.78, 5) is 30.5. The molecule has 0 unspecified atom stereocenters. The quantitative estimate of drug-likeness (QED) is 0.645. The number of likely N-dealkylation sites (N-methyl/N-ethyl adjacent to an activating group) is 1. The average Bonchev–Trinajstić information content (AvgIpc) is 3.45. The molecule has 7 nitrogen and oxygen atoms in total. The molecule has 5 rings (SSSR count). The van der Waals surface area contributed by atoms with Crippen molar-refractivity contribution in [1.82, 2.24) is 29.1 Å². The van der Waals surface area contributed by atoms with Crippen molar-refractivity contribution in [3.8, 4) is 0 Å². The van der Waals surface area contributed by atoms with E-state index in [1.165, 1.54) is 0 Å². The lowest BCUT2D eigenvalue weighted by atomic mass is 10.1. The molecule has 0 bridgehead atoms. The van der Waals surface area contributed by atoms with Gasteiger partial charge in [0, 0.05) is 44.0 Å². The van der Waals surface area contributed by atoms with Gasteiger partial charge in [-0.25, -0.2) is 4.98 Å². The van der Waals surface area contributed by atoms with Crippen molar-refractivity contribution in [3.63, 3.8) is 0 Å². The predicted molar refractivity (Wildman–Crippen MR) is 118 cm³/mol. The molecule has 30 heavy (non-hydrogen) atoms. The normalized spacial score (nSPS) is 21.4. The second-order valence-electron chi connectivity index (χ2n) is 8.29. The van der Waals surface area contributed by atoms with E-state index in [1.54, 1.807) is 11.3 Å². The van der Waals surface area contributed by atoms with Crippen molar-refractivity contribution in [2.75, 3.05) is 39.8 Å². The van der Waals surface area contributed by atoms with Crippen LogP contribution in [0.25, 0.3) is 4.96 Å². The van der Waals surface area contributed by atoms with Crippen LogP contribution >= 0.6 is 11.3 Å². The zero-order valence-electron chi connectivity index (χ0n) is 17.4. The van der Waals surface area contributed by atoms with E-state index in [-0.39, 0.29) is 5.91 Å². The molecule has 8 heteroatoms. The topological polar surface area (TPSA) is 57.0 Å². The Kier molecular flexibility index (Phi) is 5.54. The minimum absolute atomic E-state index is 0.0739. The lowest BCUT2D eigenvalue weighted by molar-refractivity contribution is 0.0754. The third kappa shape index (κ3) is 3.75. The molecular weight excluding hydrogens is 396 g/mol. The van der Waals surface area contributed by atoms with Crippen LogP contribution in [0.2, 0.25) is 0 Å². The SMILES string of the molecule is CN1CCCN(C(=O)c2nc3sccn3c2CN2CCC[C@H]2c2ccccn2)CC1.